The summed E-state index contributed by atoms with van der Waals surface area (Å²) in [6.45, 7) is 1.22. The van der Waals surface area contributed by atoms with Crippen LogP contribution < -0.4 is 4.90 Å². The van der Waals surface area contributed by atoms with Crippen LogP contribution in [0.1, 0.15) is 40.2 Å². The first-order valence-corrected chi connectivity index (χ1v) is 10.6. The molecule has 0 saturated heterocycles. The highest BCUT2D eigenvalue weighted by Crippen LogP contribution is 2.48. The largest absolute Gasteiger partial charge is 0.384 e. The maximum absolute atomic E-state index is 13.5. The lowest BCUT2D eigenvalue weighted by atomic mass is 9.96. The number of anilines is 1. The molecule has 2 aliphatic rings. The summed E-state index contributed by atoms with van der Waals surface area (Å²) in [7, 11) is 1.73. The van der Waals surface area contributed by atoms with Crippen LogP contribution in [0.15, 0.2) is 48.5 Å². The standard InChI is InChI=1S/C24H21ClN4O2/c1-31-15-24(10-11-24)16-5-7-18(8-6-16)28-12-9-20-21(14-26)27-29(22(20)23(28)30)19-4-2-3-17(25)13-19/h2-8,13H,9-12,15H2,1H3. The zero-order valence-corrected chi connectivity index (χ0v) is 17.9. The van der Waals surface area contributed by atoms with Crippen molar-refractivity contribution in [3.63, 3.8) is 0 Å². The van der Waals surface area contributed by atoms with Crippen LogP contribution in [0.4, 0.5) is 5.69 Å². The highest BCUT2D eigenvalue weighted by molar-refractivity contribution is 6.30. The van der Waals surface area contributed by atoms with Gasteiger partial charge in [0.2, 0.25) is 0 Å². The number of nitrogens with zero attached hydrogens (tertiary/aromatic N) is 4. The van der Waals surface area contributed by atoms with E-state index in [1.54, 1.807) is 34.9 Å². The number of amides is 1. The van der Waals surface area contributed by atoms with Crippen LogP contribution in [0.2, 0.25) is 5.02 Å². The van der Waals surface area contributed by atoms with Crippen LogP contribution in [0, 0.1) is 11.3 Å². The molecule has 5 rings (SSSR count). The molecule has 0 bridgehead atoms. The SMILES string of the molecule is COCC1(c2ccc(N3CCc4c(C#N)nn(-c5cccc(Cl)c5)c4C3=O)cc2)CC1. The van der Waals surface area contributed by atoms with Crippen molar-refractivity contribution in [2.24, 2.45) is 0 Å². The average Bonchev–Trinajstić information content (AvgIpc) is 3.46. The van der Waals surface area contributed by atoms with Crippen LogP contribution in [-0.2, 0) is 16.6 Å². The van der Waals surface area contributed by atoms with Gasteiger partial charge in [0.05, 0.1) is 12.3 Å². The van der Waals surface area contributed by atoms with Crippen LogP contribution in [-0.4, -0.2) is 35.9 Å². The molecule has 31 heavy (non-hydrogen) atoms. The maximum atomic E-state index is 13.5. The lowest BCUT2D eigenvalue weighted by Gasteiger charge is -2.28. The number of hydrogen-bond acceptors (Lipinski definition) is 4. The Bertz CT molecular complexity index is 1210. The van der Waals surface area contributed by atoms with Crippen molar-refractivity contribution >= 4 is 23.2 Å². The van der Waals surface area contributed by atoms with E-state index in [4.69, 9.17) is 16.3 Å². The van der Waals surface area contributed by atoms with Crippen LogP contribution >= 0.6 is 11.6 Å². The summed E-state index contributed by atoms with van der Waals surface area (Å²) < 4.78 is 6.93. The summed E-state index contributed by atoms with van der Waals surface area (Å²) in [6.07, 6.45) is 2.82. The third-order valence-electron chi connectivity index (χ3n) is 6.24. The minimum Gasteiger partial charge on any atom is -0.384 e. The summed E-state index contributed by atoms with van der Waals surface area (Å²) in [5.74, 6) is -0.166. The van der Waals surface area contributed by atoms with Gasteiger partial charge in [-0.2, -0.15) is 10.4 Å². The molecule has 0 atom stereocenters. The lowest BCUT2D eigenvalue weighted by molar-refractivity contribution is 0.0973. The zero-order chi connectivity index (χ0) is 21.6. The van der Waals surface area contributed by atoms with Crippen molar-refractivity contribution in [2.75, 3.05) is 25.2 Å². The molecule has 1 aliphatic heterocycles. The molecular weight excluding hydrogens is 412 g/mol. The molecule has 1 fully saturated rings. The topological polar surface area (TPSA) is 71.2 Å². The predicted octanol–water partition coefficient (Wildman–Crippen LogP) is 4.28. The van der Waals surface area contributed by atoms with Crippen molar-refractivity contribution < 1.29 is 9.53 Å². The van der Waals surface area contributed by atoms with E-state index < -0.39 is 0 Å². The zero-order valence-electron chi connectivity index (χ0n) is 17.1. The second-order valence-electron chi connectivity index (χ2n) is 8.15. The Hall–Kier alpha value is -3.14. The minimum absolute atomic E-state index is 0.124. The van der Waals surface area contributed by atoms with Gasteiger partial charge in [0.15, 0.2) is 5.69 Å². The van der Waals surface area contributed by atoms with E-state index >= 15 is 0 Å². The number of carbonyl (C=O) groups is 1. The number of methoxy groups -OCH3 is 1. The van der Waals surface area contributed by atoms with Crippen molar-refractivity contribution in [1.29, 1.82) is 5.26 Å². The van der Waals surface area contributed by atoms with Crippen LogP contribution in [0.25, 0.3) is 5.69 Å². The fourth-order valence-corrected chi connectivity index (χ4v) is 4.61. The number of aromatic nitrogens is 2. The Labute approximate surface area is 185 Å². The Balaban J connectivity index is 1.51. The molecule has 2 heterocycles. The Morgan fingerprint density at radius 2 is 1.97 bits per heavy atom. The second-order valence-corrected chi connectivity index (χ2v) is 8.58. The lowest BCUT2D eigenvalue weighted by Crippen LogP contribution is -2.38. The first kappa shape index (κ1) is 19.8. The van der Waals surface area contributed by atoms with E-state index in [0.717, 1.165) is 18.5 Å². The van der Waals surface area contributed by atoms with Gasteiger partial charge in [0.1, 0.15) is 11.8 Å². The second kappa shape index (κ2) is 7.52. The number of rotatable bonds is 5. The van der Waals surface area contributed by atoms with E-state index in [2.05, 4.69) is 23.3 Å². The van der Waals surface area contributed by atoms with E-state index in [0.29, 0.717) is 41.5 Å². The first-order valence-electron chi connectivity index (χ1n) is 10.3. The highest BCUT2D eigenvalue weighted by Gasteiger charge is 2.44. The van der Waals surface area contributed by atoms with E-state index in [1.807, 2.05) is 18.2 Å². The summed E-state index contributed by atoms with van der Waals surface area (Å²) in [5, 5.41) is 14.5. The number of benzene rings is 2. The molecule has 0 N–H and O–H groups in total. The third-order valence-corrected chi connectivity index (χ3v) is 6.48. The normalized spacial score (nSPS) is 16.7. The number of nitriles is 1. The smallest absolute Gasteiger partial charge is 0.277 e. The van der Waals surface area contributed by atoms with Gasteiger partial charge in [0.25, 0.3) is 5.91 Å². The van der Waals surface area contributed by atoms with Crippen molar-refractivity contribution in [3.8, 4) is 11.8 Å². The molecule has 0 radical (unpaired) electrons. The summed E-state index contributed by atoms with van der Waals surface area (Å²) in [6, 6.07) is 17.4. The molecule has 3 aromatic rings. The number of halogens is 1. The van der Waals surface area contributed by atoms with E-state index in [9.17, 15) is 10.1 Å². The number of carbonyl (C=O) groups excluding carboxylic acids is 1. The Morgan fingerprint density at radius 1 is 1.19 bits per heavy atom. The van der Waals surface area contributed by atoms with Crippen molar-refractivity contribution in [3.05, 3.63) is 76.1 Å². The molecule has 7 heteroatoms. The van der Waals surface area contributed by atoms with Crippen molar-refractivity contribution in [2.45, 2.75) is 24.7 Å². The first-order chi connectivity index (χ1) is 15.1. The van der Waals surface area contributed by atoms with Gasteiger partial charge in [-0.3, -0.25) is 4.79 Å². The average molecular weight is 433 g/mol. The van der Waals surface area contributed by atoms with E-state index in [1.165, 1.54) is 5.56 Å². The Kier molecular flexibility index (Phi) is 4.81. The fraction of sp³-hybridized carbons (Fsp3) is 0.292. The van der Waals surface area contributed by atoms with Crippen LogP contribution in [0.5, 0.6) is 0 Å². The van der Waals surface area contributed by atoms with Crippen LogP contribution in [0.3, 0.4) is 0 Å². The highest BCUT2D eigenvalue weighted by atomic mass is 35.5. The molecule has 1 aliphatic carbocycles. The molecular formula is C24H21ClN4O2. The summed E-state index contributed by atoms with van der Waals surface area (Å²) in [5.41, 5.74) is 4.27. The molecule has 1 saturated carbocycles. The molecule has 0 unspecified atom stereocenters. The molecule has 1 aromatic heterocycles. The predicted molar refractivity (Wildman–Crippen MR) is 118 cm³/mol. The molecule has 6 nitrogen and oxygen atoms in total. The van der Waals surface area contributed by atoms with Gasteiger partial charge in [0, 0.05) is 35.3 Å². The fourth-order valence-electron chi connectivity index (χ4n) is 4.43. The maximum Gasteiger partial charge on any atom is 0.277 e. The Morgan fingerprint density at radius 3 is 2.61 bits per heavy atom. The molecule has 0 spiro atoms. The van der Waals surface area contributed by atoms with Gasteiger partial charge < -0.3 is 9.64 Å². The quantitative estimate of drug-likeness (QED) is 0.603. The molecule has 2 aromatic carbocycles. The molecule has 1 amide bonds. The van der Waals surface area contributed by atoms with Gasteiger partial charge in [-0.05, 0) is 55.2 Å². The number of ether oxygens (including phenoxy) is 1. The van der Waals surface area contributed by atoms with E-state index in [-0.39, 0.29) is 17.0 Å². The minimum atomic E-state index is -0.166. The number of hydrogen-bond donors (Lipinski definition) is 0. The van der Waals surface area contributed by atoms with Gasteiger partial charge >= 0.3 is 0 Å². The van der Waals surface area contributed by atoms with Gasteiger partial charge in [-0.25, -0.2) is 4.68 Å². The summed E-state index contributed by atoms with van der Waals surface area (Å²) in [4.78, 5) is 15.3. The number of fused-ring (bicyclic) bond motifs is 1. The van der Waals surface area contributed by atoms with Gasteiger partial charge in [-0.15, -0.1) is 0 Å². The third kappa shape index (κ3) is 3.31. The monoisotopic (exact) mass is 432 g/mol. The molecule has 156 valence electrons. The van der Waals surface area contributed by atoms with Crippen molar-refractivity contribution in [1.82, 2.24) is 9.78 Å². The summed E-state index contributed by atoms with van der Waals surface area (Å²) >= 11 is 6.15. The van der Waals surface area contributed by atoms with Gasteiger partial charge in [-0.1, -0.05) is 29.8 Å².